The SMILES string of the molecule is NC(CCN1CC2CCCC2C1)c1ccccc1F. The molecule has 0 spiro atoms. The average Bonchev–Trinajstić information content (AvgIpc) is 2.97. The van der Waals surface area contributed by atoms with Crippen LogP contribution in [0, 0.1) is 17.7 Å². The van der Waals surface area contributed by atoms with Crippen LogP contribution in [0.3, 0.4) is 0 Å². The molecule has 1 aliphatic heterocycles. The highest BCUT2D eigenvalue weighted by atomic mass is 19.1. The minimum Gasteiger partial charge on any atom is -0.324 e. The molecule has 104 valence electrons. The Labute approximate surface area is 114 Å². The van der Waals surface area contributed by atoms with E-state index >= 15 is 0 Å². The molecule has 2 nitrogen and oxygen atoms in total. The number of rotatable bonds is 4. The number of hydrogen-bond donors (Lipinski definition) is 1. The number of hydrogen-bond acceptors (Lipinski definition) is 2. The van der Waals surface area contributed by atoms with Crippen molar-refractivity contribution in [1.29, 1.82) is 0 Å². The molecule has 1 heterocycles. The Morgan fingerprint density at radius 3 is 2.58 bits per heavy atom. The molecule has 1 aromatic carbocycles. The van der Waals surface area contributed by atoms with Gasteiger partial charge in [-0.3, -0.25) is 0 Å². The summed E-state index contributed by atoms with van der Waals surface area (Å²) < 4.78 is 13.6. The van der Waals surface area contributed by atoms with Crippen LogP contribution in [0.2, 0.25) is 0 Å². The van der Waals surface area contributed by atoms with E-state index < -0.39 is 0 Å². The van der Waals surface area contributed by atoms with Crippen molar-refractivity contribution in [3.63, 3.8) is 0 Å². The Balaban J connectivity index is 1.51. The van der Waals surface area contributed by atoms with Crippen LogP contribution in [-0.2, 0) is 0 Å². The van der Waals surface area contributed by atoms with E-state index in [4.69, 9.17) is 5.73 Å². The highest BCUT2D eigenvalue weighted by Gasteiger charge is 2.35. The first-order chi connectivity index (χ1) is 9.24. The molecule has 0 radical (unpaired) electrons. The Hall–Kier alpha value is -0.930. The molecule has 19 heavy (non-hydrogen) atoms. The molecule has 3 heteroatoms. The molecule has 1 saturated carbocycles. The van der Waals surface area contributed by atoms with Crippen molar-refractivity contribution in [3.05, 3.63) is 35.6 Å². The molecule has 1 saturated heterocycles. The van der Waals surface area contributed by atoms with Gasteiger partial charge < -0.3 is 10.6 Å². The van der Waals surface area contributed by atoms with Gasteiger partial charge in [-0.15, -0.1) is 0 Å². The summed E-state index contributed by atoms with van der Waals surface area (Å²) in [6.45, 7) is 3.46. The number of nitrogens with zero attached hydrogens (tertiary/aromatic N) is 1. The summed E-state index contributed by atoms with van der Waals surface area (Å²) in [5.74, 6) is 1.67. The van der Waals surface area contributed by atoms with E-state index in [0.29, 0.717) is 5.56 Å². The Morgan fingerprint density at radius 2 is 1.89 bits per heavy atom. The van der Waals surface area contributed by atoms with Crippen molar-refractivity contribution >= 4 is 0 Å². The van der Waals surface area contributed by atoms with Crippen molar-refractivity contribution in [3.8, 4) is 0 Å². The van der Waals surface area contributed by atoms with E-state index in [0.717, 1.165) is 24.8 Å². The molecular weight excluding hydrogens is 239 g/mol. The Bertz CT molecular complexity index is 423. The van der Waals surface area contributed by atoms with E-state index in [1.54, 1.807) is 12.1 Å². The van der Waals surface area contributed by atoms with E-state index in [9.17, 15) is 4.39 Å². The van der Waals surface area contributed by atoms with Crippen molar-refractivity contribution in [2.75, 3.05) is 19.6 Å². The largest absolute Gasteiger partial charge is 0.324 e. The third-order valence-corrected chi connectivity index (χ3v) is 4.86. The highest BCUT2D eigenvalue weighted by molar-refractivity contribution is 5.20. The maximum absolute atomic E-state index is 13.6. The van der Waals surface area contributed by atoms with E-state index in [2.05, 4.69) is 4.90 Å². The summed E-state index contributed by atoms with van der Waals surface area (Å²) in [5.41, 5.74) is 6.78. The molecule has 0 aromatic heterocycles. The fraction of sp³-hybridized carbons (Fsp3) is 0.625. The summed E-state index contributed by atoms with van der Waals surface area (Å²) >= 11 is 0. The van der Waals surface area contributed by atoms with Crippen molar-refractivity contribution in [2.45, 2.75) is 31.7 Å². The first-order valence-corrected chi connectivity index (χ1v) is 7.46. The van der Waals surface area contributed by atoms with Crippen LogP contribution in [0.5, 0.6) is 0 Å². The summed E-state index contributed by atoms with van der Waals surface area (Å²) in [5, 5.41) is 0. The van der Waals surface area contributed by atoms with Gasteiger partial charge in [0, 0.05) is 24.7 Å². The van der Waals surface area contributed by atoms with Crippen LogP contribution in [0.1, 0.15) is 37.3 Å². The number of benzene rings is 1. The number of likely N-dealkylation sites (tertiary alicyclic amines) is 1. The van der Waals surface area contributed by atoms with Crippen molar-refractivity contribution in [1.82, 2.24) is 4.90 Å². The summed E-state index contributed by atoms with van der Waals surface area (Å²) in [6, 6.07) is 6.70. The van der Waals surface area contributed by atoms with Gasteiger partial charge in [0.2, 0.25) is 0 Å². The maximum atomic E-state index is 13.6. The topological polar surface area (TPSA) is 29.3 Å². The summed E-state index contributed by atoms with van der Waals surface area (Å²) in [6.07, 6.45) is 5.07. The van der Waals surface area contributed by atoms with Gasteiger partial charge in [-0.2, -0.15) is 0 Å². The maximum Gasteiger partial charge on any atom is 0.127 e. The van der Waals surface area contributed by atoms with Gasteiger partial charge >= 0.3 is 0 Å². The third kappa shape index (κ3) is 2.82. The average molecular weight is 262 g/mol. The van der Waals surface area contributed by atoms with E-state index in [1.807, 2.05) is 6.07 Å². The van der Waals surface area contributed by atoms with Gasteiger partial charge in [0.25, 0.3) is 0 Å². The molecule has 3 unspecified atom stereocenters. The molecule has 0 bridgehead atoms. The van der Waals surface area contributed by atoms with Crippen LogP contribution < -0.4 is 5.73 Å². The van der Waals surface area contributed by atoms with Crippen LogP contribution >= 0.6 is 0 Å². The minimum absolute atomic E-state index is 0.173. The van der Waals surface area contributed by atoms with Gasteiger partial charge in [0.05, 0.1) is 0 Å². The lowest BCUT2D eigenvalue weighted by Crippen LogP contribution is -2.26. The molecular formula is C16H23FN2. The van der Waals surface area contributed by atoms with Crippen LogP contribution in [-0.4, -0.2) is 24.5 Å². The molecule has 3 atom stereocenters. The zero-order valence-electron chi connectivity index (χ0n) is 11.4. The van der Waals surface area contributed by atoms with E-state index in [-0.39, 0.29) is 11.9 Å². The molecule has 0 amide bonds. The van der Waals surface area contributed by atoms with Gasteiger partial charge in [0.15, 0.2) is 0 Å². The smallest absolute Gasteiger partial charge is 0.127 e. The van der Waals surface area contributed by atoms with Crippen molar-refractivity contribution in [2.24, 2.45) is 17.6 Å². The molecule has 2 aliphatic rings. The van der Waals surface area contributed by atoms with Gasteiger partial charge in [-0.1, -0.05) is 24.6 Å². The minimum atomic E-state index is -0.179. The van der Waals surface area contributed by atoms with Gasteiger partial charge in [-0.05, 0) is 43.7 Å². The predicted molar refractivity (Wildman–Crippen MR) is 75.2 cm³/mol. The fourth-order valence-corrected chi connectivity index (χ4v) is 3.77. The zero-order valence-corrected chi connectivity index (χ0v) is 11.4. The molecule has 3 rings (SSSR count). The number of nitrogens with two attached hydrogens (primary N) is 1. The number of halogens is 1. The second-order valence-electron chi connectivity index (χ2n) is 6.13. The lowest BCUT2D eigenvalue weighted by molar-refractivity contribution is 0.297. The van der Waals surface area contributed by atoms with Gasteiger partial charge in [0.1, 0.15) is 5.82 Å². The Kier molecular flexibility index (Phi) is 3.85. The fourth-order valence-electron chi connectivity index (χ4n) is 3.77. The number of fused-ring (bicyclic) bond motifs is 1. The summed E-state index contributed by atoms with van der Waals surface area (Å²) in [7, 11) is 0. The monoisotopic (exact) mass is 262 g/mol. The van der Waals surface area contributed by atoms with Crippen LogP contribution in [0.25, 0.3) is 0 Å². The van der Waals surface area contributed by atoms with Crippen molar-refractivity contribution < 1.29 is 4.39 Å². The summed E-state index contributed by atoms with van der Waals surface area (Å²) in [4.78, 5) is 2.52. The first kappa shape index (κ1) is 13.1. The quantitative estimate of drug-likeness (QED) is 0.904. The zero-order chi connectivity index (χ0) is 13.2. The standard InChI is InChI=1S/C16H23FN2/c17-15-7-2-1-6-14(15)16(18)8-9-19-10-12-4-3-5-13(12)11-19/h1-2,6-7,12-13,16H,3-5,8-11,18H2. The highest BCUT2D eigenvalue weighted by Crippen LogP contribution is 2.37. The third-order valence-electron chi connectivity index (χ3n) is 4.86. The molecule has 1 aromatic rings. The lowest BCUT2D eigenvalue weighted by Gasteiger charge is -2.20. The lowest BCUT2D eigenvalue weighted by atomic mass is 10.0. The molecule has 2 fully saturated rings. The molecule has 1 aliphatic carbocycles. The molecule has 2 N–H and O–H groups in total. The predicted octanol–water partition coefficient (Wildman–Crippen LogP) is 2.95. The normalized spacial score (nSPS) is 28.5. The van der Waals surface area contributed by atoms with Crippen LogP contribution in [0.15, 0.2) is 24.3 Å². The van der Waals surface area contributed by atoms with Crippen LogP contribution in [0.4, 0.5) is 4.39 Å². The second kappa shape index (κ2) is 5.59. The van der Waals surface area contributed by atoms with Gasteiger partial charge in [-0.25, -0.2) is 4.39 Å². The van der Waals surface area contributed by atoms with E-state index in [1.165, 1.54) is 38.4 Å². The Morgan fingerprint density at radius 1 is 1.21 bits per heavy atom. The second-order valence-corrected chi connectivity index (χ2v) is 6.13. The first-order valence-electron chi connectivity index (χ1n) is 7.46.